The number of thioether (sulfide) groups is 1. The van der Waals surface area contributed by atoms with Crippen LogP contribution in [0.2, 0.25) is 0 Å². The standard InChI is InChI=1S/C15H22FNS/c1-3-18-15-8-7-14(10-15)17-11(2)12-5-4-6-13(16)9-12/h4-6,9,11,14-15,17H,3,7-8,10H2,1-2H3. The van der Waals surface area contributed by atoms with Crippen LogP contribution < -0.4 is 5.32 Å². The molecule has 1 fully saturated rings. The van der Waals surface area contributed by atoms with Crippen molar-refractivity contribution < 1.29 is 4.39 Å². The van der Waals surface area contributed by atoms with Crippen molar-refractivity contribution in [1.82, 2.24) is 5.32 Å². The Labute approximate surface area is 114 Å². The summed E-state index contributed by atoms with van der Waals surface area (Å²) < 4.78 is 13.2. The van der Waals surface area contributed by atoms with Crippen LogP contribution in [0.15, 0.2) is 24.3 Å². The third kappa shape index (κ3) is 3.72. The van der Waals surface area contributed by atoms with Crippen LogP contribution in [0.1, 0.15) is 44.7 Å². The summed E-state index contributed by atoms with van der Waals surface area (Å²) in [6.07, 6.45) is 3.81. The molecule has 1 aromatic rings. The molecule has 1 nitrogen and oxygen atoms in total. The van der Waals surface area contributed by atoms with E-state index < -0.39 is 0 Å². The van der Waals surface area contributed by atoms with Gasteiger partial charge in [0.15, 0.2) is 0 Å². The maximum atomic E-state index is 13.2. The minimum absolute atomic E-state index is 0.146. The van der Waals surface area contributed by atoms with Crippen LogP contribution in [0.25, 0.3) is 0 Å². The molecule has 3 heteroatoms. The maximum Gasteiger partial charge on any atom is 0.123 e. The maximum absolute atomic E-state index is 13.2. The van der Waals surface area contributed by atoms with Crippen molar-refractivity contribution in [1.29, 1.82) is 0 Å². The largest absolute Gasteiger partial charge is 0.307 e. The first-order chi connectivity index (χ1) is 8.69. The van der Waals surface area contributed by atoms with Crippen LogP contribution in [-0.4, -0.2) is 17.0 Å². The van der Waals surface area contributed by atoms with Gasteiger partial charge in [0.2, 0.25) is 0 Å². The van der Waals surface area contributed by atoms with Crippen molar-refractivity contribution in [2.75, 3.05) is 5.75 Å². The molecule has 0 spiro atoms. The molecular formula is C15H22FNS. The van der Waals surface area contributed by atoms with Gasteiger partial charge >= 0.3 is 0 Å². The Morgan fingerprint density at radius 3 is 3.00 bits per heavy atom. The highest BCUT2D eigenvalue weighted by atomic mass is 32.2. The molecule has 0 saturated heterocycles. The van der Waals surface area contributed by atoms with Crippen LogP contribution in [-0.2, 0) is 0 Å². The summed E-state index contributed by atoms with van der Waals surface area (Å²) in [5, 5.41) is 4.44. The van der Waals surface area contributed by atoms with Crippen molar-refractivity contribution in [3.05, 3.63) is 35.6 Å². The molecule has 3 unspecified atom stereocenters. The van der Waals surface area contributed by atoms with Crippen LogP contribution >= 0.6 is 11.8 Å². The third-order valence-corrected chi connectivity index (χ3v) is 4.85. The van der Waals surface area contributed by atoms with E-state index in [1.165, 1.54) is 31.1 Å². The SMILES string of the molecule is CCSC1CCC(NC(C)c2cccc(F)c2)C1. The number of rotatable bonds is 5. The number of nitrogens with one attached hydrogen (secondary N) is 1. The molecule has 1 aliphatic carbocycles. The lowest BCUT2D eigenvalue weighted by atomic mass is 10.1. The lowest BCUT2D eigenvalue weighted by Crippen LogP contribution is -2.29. The van der Waals surface area contributed by atoms with Gasteiger partial charge in [-0.25, -0.2) is 4.39 Å². The predicted molar refractivity (Wildman–Crippen MR) is 77.5 cm³/mol. The lowest BCUT2D eigenvalue weighted by molar-refractivity contribution is 0.460. The summed E-state index contributed by atoms with van der Waals surface area (Å²) in [6.45, 7) is 4.34. The van der Waals surface area contributed by atoms with Crippen molar-refractivity contribution >= 4 is 11.8 Å². The van der Waals surface area contributed by atoms with E-state index in [9.17, 15) is 4.39 Å². The van der Waals surface area contributed by atoms with E-state index in [4.69, 9.17) is 0 Å². The highest BCUT2D eigenvalue weighted by Crippen LogP contribution is 2.31. The molecule has 2 rings (SSSR count). The van der Waals surface area contributed by atoms with Gasteiger partial charge in [0, 0.05) is 17.3 Å². The van der Waals surface area contributed by atoms with E-state index in [1.54, 1.807) is 12.1 Å². The second-order valence-electron chi connectivity index (χ2n) is 5.03. The summed E-state index contributed by atoms with van der Waals surface area (Å²) >= 11 is 2.07. The summed E-state index contributed by atoms with van der Waals surface area (Å²) in [5.41, 5.74) is 1.04. The Morgan fingerprint density at radius 2 is 2.28 bits per heavy atom. The van der Waals surface area contributed by atoms with Crippen LogP contribution in [0.3, 0.4) is 0 Å². The van der Waals surface area contributed by atoms with Gasteiger partial charge in [0.25, 0.3) is 0 Å². The molecular weight excluding hydrogens is 245 g/mol. The van der Waals surface area contributed by atoms with Gasteiger partial charge < -0.3 is 5.32 Å². The van der Waals surface area contributed by atoms with E-state index in [0.717, 1.165) is 10.8 Å². The minimum atomic E-state index is -0.146. The van der Waals surface area contributed by atoms with Gasteiger partial charge in [-0.3, -0.25) is 0 Å². The van der Waals surface area contributed by atoms with Gasteiger partial charge in [0.05, 0.1) is 0 Å². The molecule has 1 aromatic carbocycles. The smallest absolute Gasteiger partial charge is 0.123 e. The van der Waals surface area contributed by atoms with Gasteiger partial charge in [-0.2, -0.15) is 11.8 Å². The Bertz CT molecular complexity index is 383. The van der Waals surface area contributed by atoms with Crippen molar-refractivity contribution in [3.63, 3.8) is 0 Å². The molecule has 100 valence electrons. The van der Waals surface area contributed by atoms with E-state index in [1.807, 2.05) is 6.07 Å². The molecule has 18 heavy (non-hydrogen) atoms. The highest BCUT2D eigenvalue weighted by Gasteiger charge is 2.25. The summed E-state index contributed by atoms with van der Waals surface area (Å²) in [7, 11) is 0. The topological polar surface area (TPSA) is 12.0 Å². The van der Waals surface area contributed by atoms with E-state index in [2.05, 4.69) is 30.9 Å². The fourth-order valence-corrected chi connectivity index (χ4v) is 3.85. The van der Waals surface area contributed by atoms with Gasteiger partial charge in [-0.05, 0) is 49.6 Å². The van der Waals surface area contributed by atoms with Crippen LogP contribution in [0.5, 0.6) is 0 Å². The van der Waals surface area contributed by atoms with E-state index in [-0.39, 0.29) is 11.9 Å². The minimum Gasteiger partial charge on any atom is -0.307 e. The molecule has 3 atom stereocenters. The molecule has 1 N–H and O–H groups in total. The Balaban J connectivity index is 1.86. The van der Waals surface area contributed by atoms with Crippen molar-refractivity contribution in [2.45, 2.75) is 50.4 Å². The zero-order valence-electron chi connectivity index (χ0n) is 11.2. The second-order valence-corrected chi connectivity index (χ2v) is 6.61. The normalized spacial score (nSPS) is 25.3. The van der Waals surface area contributed by atoms with Crippen LogP contribution in [0, 0.1) is 5.82 Å². The predicted octanol–water partition coefficient (Wildman–Crippen LogP) is 4.15. The molecule has 0 radical (unpaired) electrons. The number of halogens is 1. The molecule has 0 amide bonds. The second kappa shape index (κ2) is 6.58. The molecule has 1 aliphatic rings. The Hall–Kier alpha value is -0.540. The average Bonchev–Trinajstić information content (AvgIpc) is 2.77. The molecule has 0 aliphatic heterocycles. The molecule has 1 saturated carbocycles. The summed E-state index contributed by atoms with van der Waals surface area (Å²) in [5.74, 6) is 1.06. The number of hydrogen-bond donors (Lipinski definition) is 1. The third-order valence-electron chi connectivity index (χ3n) is 3.62. The summed E-state index contributed by atoms with van der Waals surface area (Å²) in [6, 6.07) is 7.73. The molecule has 0 bridgehead atoms. The molecule has 0 heterocycles. The number of benzene rings is 1. The lowest BCUT2D eigenvalue weighted by Gasteiger charge is -2.20. The Kier molecular flexibility index (Phi) is 5.07. The molecule has 0 aromatic heterocycles. The average molecular weight is 267 g/mol. The first-order valence-corrected chi connectivity index (χ1v) is 7.87. The van der Waals surface area contributed by atoms with Gasteiger partial charge in [-0.15, -0.1) is 0 Å². The fourth-order valence-electron chi connectivity index (χ4n) is 2.70. The van der Waals surface area contributed by atoms with E-state index in [0.29, 0.717) is 6.04 Å². The summed E-state index contributed by atoms with van der Waals surface area (Å²) in [4.78, 5) is 0. The van der Waals surface area contributed by atoms with Crippen molar-refractivity contribution in [3.8, 4) is 0 Å². The van der Waals surface area contributed by atoms with Crippen molar-refractivity contribution in [2.24, 2.45) is 0 Å². The fraction of sp³-hybridized carbons (Fsp3) is 0.600. The number of hydrogen-bond acceptors (Lipinski definition) is 2. The quantitative estimate of drug-likeness (QED) is 0.860. The Morgan fingerprint density at radius 1 is 1.44 bits per heavy atom. The zero-order chi connectivity index (χ0) is 13.0. The van der Waals surface area contributed by atoms with E-state index >= 15 is 0 Å². The highest BCUT2D eigenvalue weighted by molar-refractivity contribution is 7.99. The van der Waals surface area contributed by atoms with Crippen LogP contribution in [0.4, 0.5) is 4.39 Å². The van der Waals surface area contributed by atoms with Gasteiger partial charge in [-0.1, -0.05) is 19.1 Å². The van der Waals surface area contributed by atoms with Gasteiger partial charge in [0.1, 0.15) is 5.82 Å². The first-order valence-electron chi connectivity index (χ1n) is 6.82. The monoisotopic (exact) mass is 267 g/mol. The zero-order valence-corrected chi connectivity index (χ0v) is 12.0. The first kappa shape index (κ1) is 13.9.